The lowest BCUT2D eigenvalue weighted by atomic mass is 9.94. The van der Waals surface area contributed by atoms with E-state index in [9.17, 15) is 22.0 Å². The van der Waals surface area contributed by atoms with Gasteiger partial charge in [-0.15, -0.1) is 0 Å². The fraction of sp³-hybridized carbons (Fsp3) is 0.400. The molecule has 126 valence electrons. The van der Waals surface area contributed by atoms with E-state index in [-0.39, 0.29) is 5.56 Å². The van der Waals surface area contributed by atoms with Crippen molar-refractivity contribution in [3.05, 3.63) is 40.2 Å². The van der Waals surface area contributed by atoms with Crippen LogP contribution in [0.15, 0.2) is 18.2 Å². The van der Waals surface area contributed by atoms with E-state index in [1.165, 1.54) is 0 Å². The molecule has 0 unspecified atom stereocenters. The maximum absolute atomic E-state index is 13.8. The largest absolute Gasteiger partial charge is 0.459 e. The third kappa shape index (κ3) is 3.06. The molecular weight excluding hydrogens is 339 g/mol. The highest BCUT2D eigenvalue weighted by molar-refractivity contribution is 6.32. The monoisotopic (exact) mass is 352 g/mol. The molecule has 0 fully saturated rings. The number of nitrogens with zero attached hydrogens (tertiary/aromatic N) is 1. The van der Waals surface area contributed by atoms with Gasteiger partial charge in [-0.3, -0.25) is 5.10 Å². The molecule has 2 aromatic rings. The normalized spacial score (nSPS) is 12.7. The van der Waals surface area contributed by atoms with Crippen molar-refractivity contribution >= 4 is 11.6 Å². The van der Waals surface area contributed by atoms with Crippen molar-refractivity contribution in [2.75, 3.05) is 0 Å². The maximum atomic E-state index is 13.8. The number of alkyl halides is 5. The SMILES string of the molecule is CCc1ccc(CC)c(-c2c(Cl)n[nH]c2C(F)(F)C(F)(F)F)c1. The number of aryl methyl sites for hydroxylation is 2. The molecule has 23 heavy (non-hydrogen) atoms. The van der Waals surface area contributed by atoms with E-state index in [4.69, 9.17) is 11.6 Å². The number of hydrogen-bond acceptors (Lipinski definition) is 1. The van der Waals surface area contributed by atoms with Crippen molar-refractivity contribution in [3.8, 4) is 11.1 Å². The van der Waals surface area contributed by atoms with Gasteiger partial charge in [0.25, 0.3) is 0 Å². The first-order chi connectivity index (χ1) is 10.6. The van der Waals surface area contributed by atoms with Crippen molar-refractivity contribution in [1.82, 2.24) is 10.2 Å². The van der Waals surface area contributed by atoms with E-state index in [2.05, 4.69) is 5.10 Å². The number of H-pyrrole nitrogens is 1. The summed E-state index contributed by atoms with van der Waals surface area (Å²) in [7, 11) is 0. The molecule has 1 aromatic heterocycles. The Bertz CT molecular complexity index is 706. The first-order valence-electron chi connectivity index (χ1n) is 6.94. The molecule has 0 radical (unpaired) electrons. The van der Waals surface area contributed by atoms with Gasteiger partial charge in [-0.1, -0.05) is 43.6 Å². The van der Waals surface area contributed by atoms with Gasteiger partial charge in [-0.05, 0) is 29.5 Å². The maximum Gasteiger partial charge on any atom is 0.459 e. The fourth-order valence-corrected chi connectivity index (χ4v) is 2.56. The summed E-state index contributed by atoms with van der Waals surface area (Å²) in [6.45, 7) is 3.63. The zero-order chi connectivity index (χ0) is 17.4. The summed E-state index contributed by atoms with van der Waals surface area (Å²) in [5, 5.41) is 4.71. The lowest BCUT2D eigenvalue weighted by molar-refractivity contribution is -0.290. The predicted molar refractivity (Wildman–Crippen MR) is 77.7 cm³/mol. The lowest BCUT2D eigenvalue weighted by Crippen LogP contribution is -2.34. The Morgan fingerprint density at radius 2 is 1.74 bits per heavy atom. The van der Waals surface area contributed by atoms with Crippen LogP contribution in [0.1, 0.15) is 30.7 Å². The van der Waals surface area contributed by atoms with Crippen LogP contribution in [0.2, 0.25) is 5.15 Å². The number of aromatic amines is 1. The Balaban J connectivity index is 2.74. The molecule has 0 bridgehead atoms. The molecule has 1 N–H and O–H groups in total. The number of nitrogens with one attached hydrogen (secondary N) is 1. The van der Waals surface area contributed by atoms with Crippen LogP contribution in [-0.2, 0) is 18.8 Å². The average Bonchev–Trinajstić information content (AvgIpc) is 2.87. The van der Waals surface area contributed by atoms with Crippen molar-refractivity contribution in [2.24, 2.45) is 0 Å². The summed E-state index contributed by atoms with van der Waals surface area (Å²) in [5.41, 5.74) is -0.0796. The minimum atomic E-state index is -5.74. The van der Waals surface area contributed by atoms with Crippen molar-refractivity contribution in [1.29, 1.82) is 0 Å². The summed E-state index contributed by atoms with van der Waals surface area (Å²) >= 11 is 5.82. The molecule has 0 amide bonds. The molecule has 1 heterocycles. The van der Waals surface area contributed by atoms with E-state index >= 15 is 0 Å². The van der Waals surface area contributed by atoms with Crippen LogP contribution < -0.4 is 0 Å². The van der Waals surface area contributed by atoms with Crippen LogP contribution in [0.3, 0.4) is 0 Å². The number of rotatable bonds is 4. The Morgan fingerprint density at radius 1 is 1.09 bits per heavy atom. The van der Waals surface area contributed by atoms with Crippen LogP contribution >= 0.6 is 11.6 Å². The van der Waals surface area contributed by atoms with Gasteiger partial charge in [0.05, 0.1) is 0 Å². The zero-order valence-corrected chi connectivity index (χ0v) is 13.1. The summed E-state index contributed by atoms with van der Waals surface area (Å²) in [6, 6.07) is 5.08. The number of hydrogen-bond donors (Lipinski definition) is 1. The topological polar surface area (TPSA) is 28.7 Å². The molecule has 0 spiro atoms. The van der Waals surface area contributed by atoms with Crippen LogP contribution in [-0.4, -0.2) is 16.4 Å². The molecule has 2 rings (SSSR count). The van der Waals surface area contributed by atoms with Gasteiger partial charge in [0.15, 0.2) is 5.15 Å². The van der Waals surface area contributed by atoms with Crippen LogP contribution in [0.4, 0.5) is 22.0 Å². The average molecular weight is 353 g/mol. The number of benzene rings is 1. The number of aromatic nitrogens is 2. The predicted octanol–water partition coefficient (Wildman–Crippen LogP) is 5.51. The summed E-state index contributed by atoms with van der Waals surface area (Å²) in [5.74, 6) is -5.07. The first-order valence-corrected chi connectivity index (χ1v) is 7.32. The Labute approximate surface area is 134 Å². The Morgan fingerprint density at radius 3 is 2.26 bits per heavy atom. The second-order valence-electron chi connectivity index (χ2n) is 5.04. The van der Waals surface area contributed by atoms with Gasteiger partial charge >= 0.3 is 12.1 Å². The Kier molecular flexibility index (Phi) is 4.71. The van der Waals surface area contributed by atoms with Crippen LogP contribution in [0.25, 0.3) is 11.1 Å². The van der Waals surface area contributed by atoms with Gasteiger partial charge in [-0.25, -0.2) is 0 Å². The molecule has 0 saturated heterocycles. The highest BCUT2D eigenvalue weighted by Gasteiger charge is 2.61. The summed E-state index contributed by atoms with van der Waals surface area (Å²) < 4.78 is 65.7. The van der Waals surface area contributed by atoms with E-state index in [0.29, 0.717) is 18.4 Å². The smallest absolute Gasteiger partial charge is 0.274 e. The number of halogens is 6. The Hall–Kier alpha value is -1.63. The van der Waals surface area contributed by atoms with E-state index < -0.39 is 28.5 Å². The van der Waals surface area contributed by atoms with E-state index in [1.807, 2.05) is 6.92 Å². The van der Waals surface area contributed by atoms with Gasteiger partial charge in [0.1, 0.15) is 5.69 Å². The second kappa shape index (κ2) is 6.11. The minimum Gasteiger partial charge on any atom is -0.274 e. The van der Waals surface area contributed by atoms with Crippen LogP contribution in [0.5, 0.6) is 0 Å². The lowest BCUT2D eigenvalue weighted by Gasteiger charge is -2.20. The molecule has 0 saturated carbocycles. The summed E-state index contributed by atoms with van der Waals surface area (Å²) in [6.07, 6.45) is -4.68. The molecular formula is C15H14ClF5N2. The third-order valence-corrected chi connectivity index (χ3v) is 3.90. The highest BCUT2D eigenvalue weighted by atomic mass is 35.5. The fourth-order valence-electron chi connectivity index (χ4n) is 2.32. The van der Waals surface area contributed by atoms with Crippen molar-refractivity contribution < 1.29 is 22.0 Å². The van der Waals surface area contributed by atoms with Gasteiger partial charge in [0.2, 0.25) is 0 Å². The summed E-state index contributed by atoms with van der Waals surface area (Å²) in [4.78, 5) is 0. The molecule has 0 aliphatic rings. The molecule has 2 nitrogen and oxygen atoms in total. The standard InChI is InChI=1S/C15H14ClF5N2/c1-3-8-5-6-9(4-2)10(7-8)11-12(22-23-13(11)16)14(17,18)15(19,20)21/h5-7H,3-4H2,1-2H3,(H,22,23). The van der Waals surface area contributed by atoms with Crippen molar-refractivity contribution in [2.45, 2.75) is 38.8 Å². The highest BCUT2D eigenvalue weighted by Crippen LogP contribution is 2.48. The molecule has 0 aliphatic heterocycles. The third-order valence-electron chi connectivity index (χ3n) is 3.62. The molecule has 0 atom stereocenters. The molecule has 1 aromatic carbocycles. The van der Waals surface area contributed by atoms with Gasteiger partial charge < -0.3 is 0 Å². The molecule has 0 aliphatic carbocycles. The van der Waals surface area contributed by atoms with E-state index in [1.54, 1.807) is 30.2 Å². The minimum absolute atomic E-state index is 0.240. The van der Waals surface area contributed by atoms with Crippen molar-refractivity contribution in [3.63, 3.8) is 0 Å². The van der Waals surface area contributed by atoms with Gasteiger partial charge in [-0.2, -0.15) is 27.1 Å². The van der Waals surface area contributed by atoms with E-state index in [0.717, 1.165) is 5.56 Å². The first kappa shape index (κ1) is 17.7. The van der Waals surface area contributed by atoms with Crippen LogP contribution in [0, 0.1) is 0 Å². The quantitative estimate of drug-likeness (QED) is 0.722. The van der Waals surface area contributed by atoms with Gasteiger partial charge in [0, 0.05) is 5.56 Å². The zero-order valence-electron chi connectivity index (χ0n) is 12.4. The second-order valence-corrected chi connectivity index (χ2v) is 5.39. The molecule has 8 heteroatoms.